The zero-order valence-corrected chi connectivity index (χ0v) is 82.0. The van der Waals surface area contributed by atoms with Crippen LogP contribution in [0, 0.1) is 23.7 Å². The lowest BCUT2D eigenvalue weighted by molar-refractivity contribution is -0.175. The molecule has 4 atom stereocenters. The molecule has 1 aliphatic rings. The van der Waals surface area contributed by atoms with Gasteiger partial charge < -0.3 is 76.4 Å². The van der Waals surface area contributed by atoms with Crippen molar-refractivity contribution in [1.29, 1.82) is 0 Å². The first-order chi connectivity index (χ1) is 55.0. The lowest BCUT2D eigenvalue weighted by Crippen LogP contribution is -2.47. The molecule has 5 rings (SSSR count). The molecular weight excluding hydrogens is 1550 g/mol. The van der Waals surface area contributed by atoms with Gasteiger partial charge in [-0.15, -0.1) is 0 Å². The minimum absolute atomic E-state index is 0.136. The first-order valence-electron chi connectivity index (χ1n) is 42.9. The van der Waals surface area contributed by atoms with E-state index in [1.54, 1.807) is 83.1 Å². The molecule has 24 nitrogen and oxygen atoms in total. The van der Waals surface area contributed by atoms with E-state index in [4.69, 9.17) is 56.8 Å². The van der Waals surface area contributed by atoms with Crippen molar-refractivity contribution >= 4 is 71.2 Å². The van der Waals surface area contributed by atoms with Gasteiger partial charge in [0.25, 0.3) is 0 Å². The molecule has 0 heterocycles. The van der Waals surface area contributed by atoms with Crippen molar-refractivity contribution in [2.75, 3.05) is 100 Å². The summed E-state index contributed by atoms with van der Waals surface area (Å²) in [6, 6.07) is 15.5. The van der Waals surface area contributed by atoms with E-state index >= 15 is 19.2 Å². The molecule has 4 unspecified atom stereocenters. The smallest absolute Gasteiger partial charge is 0.464 e. The summed E-state index contributed by atoms with van der Waals surface area (Å²) < 4.78 is 72.1. The zero-order valence-electron chi connectivity index (χ0n) is 82.0. The second kappa shape index (κ2) is 38.7. The molecule has 0 saturated heterocycles. The first-order valence-corrected chi connectivity index (χ1v) is 42.9. The summed E-state index contributed by atoms with van der Waals surface area (Å²) in [7, 11) is 7.39. The molecule has 0 aliphatic heterocycles. The van der Waals surface area contributed by atoms with Crippen molar-refractivity contribution in [2.45, 2.75) is 328 Å². The Morgan fingerprint density at radius 2 is 0.377 bits per heavy atom. The van der Waals surface area contributed by atoms with Crippen molar-refractivity contribution in [3.05, 3.63) is 93.0 Å². The van der Waals surface area contributed by atoms with Crippen LogP contribution in [0.2, 0.25) is 0 Å². The van der Waals surface area contributed by atoms with Crippen LogP contribution in [-0.4, -0.2) is 152 Å². The Labute approximate surface area is 730 Å². The summed E-state index contributed by atoms with van der Waals surface area (Å²) in [5, 5.41) is 0. The third-order valence-electron chi connectivity index (χ3n) is 20.7. The highest BCUT2D eigenvalue weighted by atomic mass is 16.8. The van der Waals surface area contributed by atoms with E-state index in [1.165, 1.54) is 0 Å². The number of hydrogen-bond donors (Lipinski definition) is 0. The van der Waals surface area contributed by atoms with Gasteiger partial charge in [0.05, 0.1) is 49.9 Å². The molecule has 0 spiro atoms. The molecule has 0 radical (unpaired) electrons. The SMILES string of the molecule is CN(CCOC(=O)C1CC(C(=O)OCCN(C)c2cc(C(C)(C)C)c(OC(=O)OC(C)(C)C)c(C(C)(C)C)c2)C(C(=O)OCCN(C)c2cc(C(C)(C)C)c(OC(=O)OC(C)(C)C)c(C(C)(C)C)c2)CC1C(=O)OCCN(C)c1cc(C(C)(C)C)c(OC(=O)OC(C)(C)C)c(C(C)(C)C)c1)c1cc(C(C)(C)C)c(OC(=O)OC(C)(C)C)c(C(C)(C)C)c1. The predicted octanol–water partition coefficient (Wildman–Crippen LogP) is 21.6. The van der Waals surface area contributed by atoms with E-state index in [-0.39, 0.29) is 65.4 Å². The number of carbonyl (C=O) groups excluding carboxylic acids is 8. The molecule has 4 aromatic carbocycles. The van der Waals surface area contributed by atoms with Crippen LogP contribution in [0.1, 0.15) is 307 Å². The first kappa shape index (κ1) is 104. The Kier molecular flexibility index (Phi) is 32.8. The molecule has 122 heavy (non-hydrogen) atoms. The van der Waals surface area contributed by atoms with Crippen LogP contribution in [0.15, 0.2) is 48.5 Å². The van der Waals surface area contributed by atoms with Crippen molar-refractivity contribution in [3.63, 3.8) is 0 Å². The number of rotatable bonds is 24. The summed E-state index contributed by atoms with van der Waals surface area (Å²) in [5.74, 6) is -7.20. The molecule has 24 heteroatoms. The van der Waals surface area contributed by atoms with Crippen LogP contribution in [0.25, 0.3) is 0 Å². The van der Waals surface area contributed by atoms with Crippen molar-refractivity contribution < 1.29 is 95.2 Å². The molecule has 684 valence electrons. The summed E-state index contributed by atoms with van der Waals surface area (Å²) in [4.78, 5) is 123. The van der Waals surface area contributed by atoms with Crippen molar-refractivity contribution in [2.24, 2.45) is 23.7 Å². The van der Waals surface area contributed by atoms with Crippen molar-refractivity contribution in [1.82, 2.24) is 0 Å². The Morgan fingerprint density at radius 3 is 0.492 bits per heavy atom. The Bertz CT molecular complexity index is 3680. The molecule has 0 N–H and O–H groups in total. The quantitative estimate of drug-likeness (QED) is 0.0358. The topological polar surface area (TPSA) is 260 Å². The number of anilines is 4. The average Bonchev–Trinajstić information content (AvgIpc) is 0.795. The van der Waals surface area contributed by atoms with Gasteiger partial charge in [-0.2, -0.15) is 0 Å². The largest absolute Gasteiger partial charge is 0.514 e. The Balaban J connectivity index is 1.65. The maximum Gasteiger partial charge on any atom is 0.514 e. The van der Waals surface area contributed by atoms with Gasteiger partial charge in [-0.25, -0.2) is 19.2 Å². The van der Waals surface area contributed by atoms with E-state index in [9.17, 15) is 19.2 Å². The fourth-order valence-electron chi connectivity index (χ4n) is 14.0. The number of benzene rings is 4. The highest BCUT2D eigenvalue weighted by Gasteiger charge is 2.52. The van der Waals surface area contributed by atoms with Crippen LogP contribution in [-0.2, 0) is 100 Å². The third kappa shape index (κ3) is 30.2. The van der Waals surface area contributed by atoms with Gasteiger partial charge in [0.2, 0.25) is 0 Å². The fourth-order valence-corrected chi connectivity index (χ4v) is 14.0. The van der Waals surface area contributed by atoms with E-state index in [2.05, 4.69) is 0 Å². The molecule has 0 bridgehead atoms. The average molecular weight is 1710 g/mol. The molecule has 4 aromatic rings. The second-order valence-corrected chi connectivity index (χ2v) is 45.0. The van der Waals surface area contributed by atoms with E-state index in [1.807, 2.05) is 262 Å². The molecule has 0 amide bonds. The van der Waals surface area contributed by atoms with Crippen LogP contribution >= 0.6 is 0 Å². The lowest BCUT2D eigenvalue weighted by Gasteiger charge is -2.37. The van der Waals surface area contributed by atoms with E-state index < -0.39 is 138 Å². The summed E-state index contributed by atoms with van der Waals surface area (Å²) in [6.45, 7) is 69.4. The molecule has 1 saturated carbocycles. The summed E-state index contributed by atoms with van der Waals surface area (Å²) >= 11 is 0. The summed E-state index contributed by atoms with van der Waals surface area (Å²) in [5.41, 5.74) is 1.11. The van der Waals surface area contributed by atoms with Crippen LogP contribution < -0.4 is 38.5 Å². The van der Waals surface area contributed by atoms with Crippen LogP contribution in [0.4, 0.5) is 41.9 Å². The van der Waals surface area contributed by atoms with Crippen molar-refractivity contribution in [3.8, 4) is 23.0 Å². The normalized spacial score (nSPS) is 16.0. The number of nitrogens with zero attached hydrogens (tertiary/aromatic N) is 4. The highest BCUT2D eigenvalue weighted by molar-refractivity contribution is 5.88. The lowest BCUT2D eigenvalue weighted by atomic mass is 9.68. The molecule has 0 aromatic heterocycles. The predicted molar refractivity (Wildman–Crippen MR) is 483 cm³/mol. The number of hydrogen-bond acceptors (Lipinski definition) is 24. The Morgan fingerprint density at radius 1 is 0.246 bits per heavy atom. The monoisotopic (exact) mass is 1710 g/mol. The molecule has 1 aliphatic carbocycles. The van der Waals surface area contributed by atoms with Gasteiger partial charge in [-0.3, -0.25) is 19.2 Å². The van der Waals surface area contributed by atoms with E-state index in [0.717, 1.165) is 67.3 Å². The summed E-state index contributed by atoms with van der Waals surface area (Å²) in [6.07, 6.45) is -4.15. The van der Waals surface area contributed by atoms with Gasteiger partial charge in [-0.1, -0.05) is 166 Å². The number of ether oxygens (including phenoxy) is 12. The maximum absolute atomic E-state index is 15.4. The van der Waals surface area contributed by atoms with E-state index in [0.29, 0.717) is 23.0 Å². The standard InChI is InChI=1S/C98H152N4O20/c1-87(2,3)67-49-59(50-68(88(4,5)6)75(67)115-83(107)119-95(25,26)27)99(37)41-45-111-79(103)63-57-65(81(105)113-47-43-101(39)61-53-71(91(13,14)15)77(72(54-61)92(16,17)18)117-85(109)121-97(31,32)33)66(82(106)114-48-44-102(40)62-55-73(93(19,20)21)78(74(56-62)94(22,23)24)118-86(110)122-98(34,35)36)58-64(63)80(104)112-46-42-100(38)60-51-69(89(7,8)9)76(70(52-60)90(10,11)12)116-84(108)120-96(28,29)30/h49-56,63-66H,41-48,57-58H2,1-40H3. The molecular formula is C98H152N4O20. The molecule has 1 fully saturated rings. The van der Waals surface area contributed by atoms with Crippen LogP contribution in [0.3, 0.4) is 0 Å². The fraction of sp³-hybridized carbons (Fsp3) is 0.673. The third-order valence-corrected chi connectivity index (χ3v) is 20.7. The van der Waals surface area contributed by atoms with Gasteiger partial charge in [0.15, 0.2) is 0 Å². The maximum atomic E-state index is 15.4. The number of likely N-dealkylation sites (N-methyl/N-ethyl adjacent to an activating group) is 4. The minimum atomic E-state index is -1.37. The Hall–Kier alpha value is -8.96. The van der Waals surface area contributed by atoms with Gasteiger partial charge >= 0.3 is 48.5 Å². The number of carbonyl (C=O) groups is 8. The van der Waals surface area contributed by atoms with Gasteiger partial charge in [0, 0.05) is 95.4 Å². The zero-order chi connectivity index (χ0) is 93.7. The van der Waals surface area contributed by atoms with Gasteiger partial charge in [0.1, 0.15) is 71.8 Å². The highest BCUT2D eigenvalue weighted by Crippen LogP contribution is 2.49. The number of esters is 4. The van der Waals surface area contributed by atoms with Crippen LogP contribution in [0.5, 0.6) is 23.0 Å². The minimum Gasteiger partial charge on any atom is -0.464 e. The van der Waals surface area contributed by atoms with Gasteiger partial charge in [-0.05, 0) is 188 Å². The second-order valence-electron chi connectivity index (χ2n) is 45.0.